The van der Waals surface area contributed by atoms with Gasteiger partial charge in [-0.15, -0.1) is 11.3 Å². The molecule has 3 rings (SSSR count). The molecule has 0 spiro atoms. The van der Waals surface area contributed by atoms with E-state index in [2.05, 4.69) is 0 Å². The Hall–Kier alpha value is -1.40. The van der Waals surface area contributed by atoms with Crippen LogP contribution in [-0.4, -0.2) is 41.6 Å². The number of nitrogens with zero attached hydrogens (tertiary/aromatic N) is 1. The molecular weight excluding hydrogens is 302 g/mol. The molecule has 22 heavy (non-hydrogen) atoms. The lowest BCUT2D eigenvalue weighted by Gasteiger charge is -2.32. The summed E-state index contributed by atoms with van der Waals surface area (Å²) >= 11 is 1.59. The fourth-order valence-corrected chi connectivity index (χ4v) is 4.34. The fourth-order valence-electron chi connectivity index (χ4n) is 3.22. The van der Waals surface area contributed by atoms with Crippen LogP contribution >= 0.6 is 11.3 Å². The second kappa shape index (κ2) is 6.79. The third-order valence-electron chi connectivity index (χ3n) is 4.41. The first-order valence-electron chi connectivity index (χ1n) is 7.84. The minimum absolute atomic E-state index is 0.0967. The molecular formula is C16H21NO4S. The van der Waals surface area contributed by atoms with E-state index in [1.807, 2.05) is 11.0 Å². The zero-order valence-corrected chi connectivity index (χ0v) is 13.4. The molecule has 0 aromatic carbocycles. The normalized spacial score (nSPS) is 21.5. The molecule has 0 radical (unpaired) electrons. The van der Waals surface area contributed by atoms with Gasteiger partial charge in [-0.05, 0) is 36.8 Å². The van der Waals surface area contributed by atoms with Crippen LogP contribution in [0.15, 0.2) is 6.07 Å². The van der Waals surface area contributed by atoms with Crippen molar-refractivity contribution in [2.24, 2.45) is 5.92 Å². The molecule has 6 heteroatoms. The van der Waals surface area contributed by atoms with E-state index in [1.54, 1.807) is 11.3 Å². The summed E-state index contributed by atoms with van der Waals surface area (Å²) < 4.78 is 5.43. The third kappa shape index (κ3) is 3.50. The molecule has 1 aromatic heterocycles. The van der Waals surface area contributed by atoms with Gasteiger partial charge in [-0.2, -0.15) is 0 Å². The molecule has 1 N–H and O–H groups in total. The number of hydrogen-bond acceptors (Lipinski definition) is 4. The molecule has 5 nitrogen and oxygen atoms in total. The van der Waals surface area contributed by atoms with Crippen molar-refractivity contribution in [3.63, 3.8) is 0 Å². The van der Waals surface area contributed by atoms with Gasteiger partial charge < -0.3 is 14.7 Å². The van der Waals surface area contributed by atoms with Gasteiger partial charge in [-0.3, -0.25) is 9.59 Å². The summed E-state index contributed by atoms with van der Waals surface area (Å²) in [5.74, 6) is -0.347. The van der Waals surface area contributed by atoms with E-state index >= 15 is 0 Å². The third-order valence-corrected chi connectivity index (χ3v) is 5.64. The Morgan fingerprint density at radius 2 is 2.32 bits per heavy atom. The number of piperidine rings is 1. The largest absolute Gasteiger partial charge is 0.481 e. The van der Waals surface area contributed by atoms with Crippen LogP contribution < -0.4 is 0 Å². The van der Waals surface area contributed by atoms with E-state index in [9.17, 15) is 9.59 Å². The minimum Gasteiger partial charge on any atom is -0.481 e. The van der Waals surface area contributed by atoms with Crippen LogP contribution in [0.5, 0.6) is 0 Å². The summed E-state index contributed by atoms with van der Waals surface area (Å²) in [6, 6.07) is 1.97. The summed E-state index contributed by atoms with van der Waals surface area (Å²) in [4.78, 5) is 27.4. The van der Waals surface area contributed by atoms with Gasteiger partial charge in [0, 0.05) is 30.8 Å². The van der Waals surface area contributed by atoms with Gasteiger partial charge in [0.1, 0.15) is 0 Å². The second-order valence-corrected chi connectivity index (χ2v) is 7.19. The van der Waals surface area contributed by atoms with E-state index in [-0.39, 0.29) is 12.3 Å². The van der Waals surface area contributed by atoms with Gasteiger partial charge in [-0.1, -0.05) is 0 Å². The highest BCUT2D eigenvalue weighted by Crippen LogP contribution is 2.29. The predicted octanol–water partition coefficient (Wildman–Crippen LogP) is 2.54. The molecule has 1 aromatic rings. The van der Waals surface area contributed by atoms with E-state index < -0.39 is 5.97 Å². The van der Waals surface area contributed by atoms with Crippen molar-refractivity contribution >= 4 is 23.2 Å². The first kappa shape index (κ1) is 15.5. The lowest BCUT2D eigenvalue weighted by atomic mass is 9.93. The number of carboxylic acid groups (broad SMARTS) is 1. The number of ether oxygens (including phenoxy) is 1. The molecule has 120 valence electrons. The number of carboxylic acids is 1. The smallest absolute Gasteiger partial charge is 0.303 e. The molecule has 2 aliphatic heterocycles. The molecule has 3 heterocycles. The number of rotatable bonds is 4. The highest BCUT2D eigenvalue weighted by atomic mass is 32.1. The van der Waals surface area contributed by atoms with Crippen molar-refractivity contribution in [3.05, 3.63) is 21.4 Å². The minimum atomic E-state index is -0.755. The van der Waals surface area contributed by atoms with Gasteiger partial charge in [0.25, 0.3) is 5.91 Å². The Morgan fingerprint density at radius 3 is 3.09 bits per heavy atom. The van der Waals surface area contributed by atoms with Crippen LogP contribution in [0.1, 0.15) is 45.8 Å². The summed E-state index contributed by atoms with van der Waals surface area (Å²) in [5.41, 5.74) is 1.15. The molecule has 1 amide bonds. The molecule has 2 aliphatic rings. The number of likely N-dealkylation sites (tertiary alicyclic amines) is 1. The maximum Gasteiger partial charge on any atom is 0.303 e. The van der Waals surface area contributed by atoms with Gasteiger partial charge >= 0.3 is 5.97 Å². The van der Waals surface area contributed by atoms with E-state index in [1.165, 1.54) is 4.88 Å². The fraction of sp³-hybridized carbons (Fsp3) is 0.625. The van der Waals surface area contributed by atoms with Gasteiger partial charge in [-0.25, -0.2) is 0 Å². The molecule has 1 atom stereocenters. The Bertz CT molecular complexity index is 545. The first-order valence-corrected chi connectivity index (χ1v) is 8.65. The molecule has 0 bridgehead atoms. The van der Waals surface area contributed by atoms with Crippen molar-refractivity contribution in [2.75, 3.05) is 19.7 Å². The Labute approximate surface area is 133 Å². The number of fused-ring (bicyclic) bond motifs is 1. The quantitative estimate of drug-likeness (QED) is 0.924. The monoisotopic (exact) mass is 323 g/mol. The second-order valence-electron chi connectivity index (χ2n) is 6.05. The molecule has 0 saturated carbocycles. The molecule has 1 saturated heterocycles. The van der Waals surface area contributed by atoms with Crippen LogP contribution in [0, 0.1) is 5.92 Å². The lowest BCUT2D eigenvalue weighted by molar-refractivity contribution is -0.137. The van der Waals surface area contributed by atoms with Crippen LogP contribution in [0.2, 0.25) is 0 Å². The van der Waals surface area contributed by atoms with Crippen LogP contribution in [0.25, 0.3) is 0 Å². The van der Waals surface area contributed by atoms with Gasteiger partial charge in [0.2, 0.25) is 0 Å². The summed E-state index contributed by atoms with van der Waals surface area (Å²) in [6.45, 7) is 2.81. The zero-order valence-electron chi connectivity index (χ0n) is 12.5. The Morgan fingerprint density at radius 1 is 1.45 bits per heavy atom. The van der Waals surface area contributed by atoms with Crippen molar-refractivity contribution in [1.29, 1.82) is 0 Å². The van der Waals surface area contributed by atoms with Gasteiger partial charge in [0.05, 0.1) is 18.1 Å². The SMILES string of the molecule is O=C(O)CCC1CCCN(C(=O)c2cc3c(s2)CCOC3)C1. The number of aliphatic carboxylic acids is 1. The van der Waals surface area contributed by atoms with Crippen LogP contribution in [0.3, 0.4) is 0 Å². The molecule has 1 unspecified atom stereocenters. The van der Waals surface area contributed by atoms with Crippen molar-refractivity contribution < 1.29 is 19.4 Å². The Kier molecular flexibility index (Phi) is 4.78. The van der Waals surface area contributed by atoms with E-state index in [4.69, 9.17) is 9.84 Å². The van der Waals surface area contributed by atoms with Crippen LogP contribution in [0.4, 0.5) is 0 Å². The van der Waals surface area contributed by atoms with Crippen molar-refractivity contribution in [3.8, 4) is 0 Å². The number of carbonyl (C=O) groups is 2. The number of carbonyl (C=O) groups excluding carboxylic acids is 1. The topological polar surface area (TPSA) is 66.8 Å². The summed E-state index contributed by atoms with van der Waals surface area (Å²) in [7, 11) is 0. The average molecular weight is 323 g/mol. The van der Waals surface area contributed by atoms with Gasteiger partial charge in [0.15, 0.2) is 0 Å². The number of thiophene rings is 1. The predicted molar refractivity (Wildman–Crippen MR) is 83.2 cm³/mol. The van der Waals surface area contributed by atoms with E-state index in [0.717, 1.165) is 42.9 Å². The summed E-state index contributed by atoms with van der Waals surface area (Å²) in [6.07, 6.45) is 3.73. The maximum absolute atomic E-state index is 12.7. The summed E-state index contributed by atoms with van der Waals surface area (Å²) in [5, 5.41) is 8.80. The first-order chi connectivity index (χ1) is 10.6. The highest BCUT2D eigenvalue weighted by Gasteiger charge is 2.27. The standard InChI is InChI=1S/C16H21NO4S/c18-15(19)4-3-11-2-1-6-17(9-11)16(20)14-8-12-10-21-7-5-13(12)22-14/h8,11H,1-7,9-10H2,(H,18,19). The van der Waals surface area contributed by atoms with E-state index in [0.29, 0.717) is 25.5 Å². The molecule has 1 fully saturated rings. The molecule has 0 aliphatic carbocycles. The van der Waals surface area contributed by atoms with Crippen molar-refractivity contribution in [2.45, 2.75) is 38.7 Å². The number of hydrogen-bond donors (Lipinski definition) is 1. The highest BCUT2D eigenvalue weighted by molar-refractivity contribution is 7.14. The zero-order chi connectivity index (χ0) is 15.5. The Balaban J connectivity index is 1.63. The van der Waals surface area contributed by atoms with Crippen LogP contribution in [-0.2, 0) is 22.6 Å². The average Bonchev–Trinajstić information content (AvgIpc) is 2.96. The lowest BCUT2D eigenvalue weighted by Crippen LogP contribution is -2.39. The maximum atomic E-state index is 12.7. The van der Waals surface area contributed by atoms with Crippen molar-refractivity contribution in [1.82, 2.24) is 4.90 Å². The number of amides is 1.